The molecule has 0 aliphatic heterocycles. The Morgan fingerprint density at radius 1 is 1.29 bits per heavy atom. The number of aromatic amines is 1. The van der Waals surface area contributed by atoms with E-state index >= 15 is 0 Å². The van der Waals surface area contributed by atoms with Crippen LogP contribution in [-0.2, 0) is 11.2 Å². The van der Waals surface area contributed by atoms with E-state index in [0.29, 0.717) is 10.9 Å². The van der Waals surface area contributed by atoms with Crippen molar-refractivity contribution in [1.82, 2.24) is 15.2 Å². The van der Waals surface area contributed by atoms with Crippen LogP contribution in [0.1, 0.15) is 18.2 Å². The molecule has 0 aliphatic rings. The summed E-state index contributed by atoms with van der Waals surface area (Å²) in [6.07, 6.45) is 0.962. The maximum Gasteiger partial charge on any atom is 0.273 e. The van der Waals surface area contributed by atoms with Crippen LogP contribution in [0.4, 0.5) is 5.69 Å². The van der Waals surface area contributed by atoms with Crippen molar-refractivity contribution in [3.8, 4) is 0 Å². The predicted molar refractivity (Wildman–Crippen MR) is 82.6 cm³/mol. The summed E-state index contributed by atoms with van der Waals surface area (Å²) in [5.41, 5.74) is 1.99. The number of H-pyrrole nitrogens is 1. The van der Waals surface area contributed by atoms with E-state index in [-0.39, 0.29) is 17.2 Å². The van der Waals surface area contributed by atoms with Crippen molar-refractivity contribution in [1.29, 1.82) is 0 Å². The molecular weight excluding hydrogens is 288 g/mol. The second-order valence-corrected chi connectivity index (χ2v) is 5.40. The highest BCUT2D eigenvalue weighted by molar-refractivity contribution is 7.99. The molecule has 0 aliphatic carbocycles. The lowest BCUT2D eigenvalue weighted by Crippen LogP contribution is -2.17. The average molecular weight is 304 g/mol. The lowest BCUT2D eigenvalue weighted by Gasteiger charge is -2.05. The maximum atomic E-state index is 11.8. The molecule has 1 aromatic heterocycles. The van der Waals surface area contributed by atoms with Gasteiger partial charge in [0, 0.05) is 5.69 Å². The summed E-state index contributed by atoms with van der Waals surface area (Å²) in [4.78, 5) is 25.7. The molecule has 0 radical (unpaired) electrons. The van der Waals surface area contributed by atoms with Gasteiger partial charge in [-0.05, 0) is 31.0 Å². The molecule has 0 atom stereocenters. The molecule has 1 aromatic carbocycles. The Kier molecular flexibility index (Phi) is 5.10. The summed E-state index contributed by atoms with van der Waals surface area (Å²) < 4.78 is 0. The number of amides is 1. The van der Waals surface area contributed by atoms with E-state index in [1.807, 2.05) is 24.3 Å². The second kappa shape index (κ2) is 7.03. The highest BCUT2D eigenvalue weighted by Gasteiger charge is 2.06. The molecule has 2 aromatic rings. The number of nitrogens with zero attached hydrogens (tertiary/aromatic N) is 2. The van der Waals surface area contributed by atoms with Crippen LogP contribution in [0.3, 0.4) is 0 Å². The first kappa shape index (κ1) is 15.2. The molecule has 2 N–H and O–H groups in total. The van der Waals surface area contributed by atoms with E-state index in [0.717, 1.165) is 23.9 Å². The van der Waals surface area contributed by atoms with Crippen molar-refractivity contribution in [2.24, 2.45) is 0 Å². The van der Waals surface area contributed by atoms with Crippen molar-refractivity contribution in [3.63, 3.8) is 0 Å². The highest BCUT2D eigenvalue weighted by Crippen LogP contribution is 2.13. The summed E-state index contributed by atoms with van der Waals surface area (Å²) in [5, 5.41) is 10.7. The van der Waals surface area contributed by atoms with Gasteiger partial charge in [0.05, 0.1) is 5.75 Å². The number of carbonyl (C=O) groups is 1. The number of hydrogen-bond donors (Lipinski definition) is 2. The van der Waals surface area contributed by atoms with E-state index in [9.17, 15) is 9.59 Å². The van der Waals surface area contributed by atoms with Crippen LogP contribution in [0, 0.1) is 6.92 Å². The number of anilines is 1. The number of carbonyl (C=O) groups excluding carboxylic acids is 1. The molecular formula is C14H16N4O2S. The van der Waals surface area contributed by atoms with E-state index in [1.165, 1.54) is 5.56 Å². The van der Waals surface area contributed by atoms with Gasteiger partial charge < -0.3 is 5.32 Å². The van der Waals surface area contributed by atoms with Crippen LogP contribution in [0.2, 0.25) is 0 Å². The van der Waals surface area contributed by atoms with Gasteiger partial charge in [0.25, 0.3) is 5.56 Å². The molecule has 6 nitrogen and oxygen atoms in total. The molecule has 21 heavy (non-hydrogen) atoms. The van der Waals surface area contributed by atoms with Crippen molar-refractivity contribution < 1.29 is 4.79 Å². The predicted octanol–water partition coefficient (Wildman–Crippen LogP) is 1.77. The SMILES string of the molecule is CCc1ccc(NC(=O)CSc2nnc(C)c(=O)[nH]2)cc1. The van der Waals surface area contributed by atoms with Crippen molar-refractivity contribution in [2.75, 3.05) is 11.1 Å². The zero-order valence-corrected chi connectivity index (χ0v) is 12.7. The number of rotatable bonds is 5. The number of hydrogen-bond acceptors (Lipinski definition) is 5. The molecule has 0 bridgehead atoms. The van der Waals surface area contributed by atoms with E-state index < -0.39 is 0 Å². The van der Waals surface area contributed by atoms with Gasteiger partial charge >= 0.3 is 0 Å². The molecule has 2 rings (SSSR count). The summed E-state index contributed by atoms with van der Waals surface area (Å²) in [6.45, 7) is 3.65. The molecule has 7 heteroatoms. The van der Waals surface area contributed by atoms with E-state index in [2.05, 4.69) is 27.4 Å². The quantitative estimate of drug-likeness (QED) is 0.822. The highest BCUT2D eigenvalue weighted by atomic mass is 32.2. The minimum Gasteiger partial charge on any atom is -0.325 e. The van der Waals surface area contributed by atoms with Gasteiger partial charge in [-0.15, -0.1) is 10.2 Å². The largest absolute Gasteiger partial charge is 0.325 e. The Morgan fingerprint density at radius 3 is 2.62 bits per heavy atom. The molecule has 110 valence electrons. The average Bonchev–Trinajstić information content (AvgIpc) is 2.49. The number of thioether (sulfide) groups is 1. The standard InChI is InChI=1S/C14H16N4O2S/c1-3-10-4-6-11(7-5-10)15-12(19)8-21-14-16-13(20)9(2)17-18-14/h4-7H,3,8H2,1-2H3,(H,15,19)(H,16,18,20). The number of aryl methyl sites for hydroxylation is 2. The summed E-state index contributed by atoms with van der Waals surface area (Å²) in [5.74, 6) is -0.00379. The van der Waals surface area contributed by atoms with Gasteiger partial charge in [-0.25, -0.2) is 0 Å². The smallest absolute Gasteiger partial charge is 0.273 e. The summed E-state index contributed by atoms with van der Waals surface area (Å²) in [7, 11) is 0. The van der Waals surface area contributed by atoms with Gasteiger partial charge in [-0.3, -0.25) is 14.6 Å². The van der Waals surface area contributed by atoms with E-state index in [4.69, 9.17) is 0 Å². The second-order valence-electron chi connectivity index (χ2n) is 4.43. The fourth-order valence-electron chi connectivity index (χ4n) is 1.60. The maximum absolute atomic E-state index is 11.8. The van der Waals surface area contributed by atoms with E-state index in [1.54, 1.807) is 6.92 Å². The molecule has 1 amide bonds. The zero-order chi connectivity index (χ0) is 15.2. The molecule has 0 unspecified atom stereocenters. The number of aromatic nitrogens is 3. The minimum atomic E-state index is -0.289. The lowest BCUT2D eigenvalue weighted by atomic mass is 10.1. The number of benzene rings is 1. The van der Waals surface area contributed by atoms with Gasteiger partial charge in [0.1, 0.15) is 5.69 Å². The van der Waals surface area contributed by atoms with Gasteiger partial charge in [0.2, 0.25) is 5.91 Å². The van der Waals surface area contributed by atoms with Crippen LogP contribution in [-0.4, -0.2) is 26.8 Å². The monoisotopic (exact) mass is 304 g/mol. The zero-order valence-electron chi connectivity index (χ0n) is 11.8. The fourth-order valence-corrected chi connectivity index (χ4v) is 2.20. The third kappa shape index (κ3) is 4.42. The third-order valence-corrected chi connectivity index (χ3v) is 3.69. The molecule has 0 saturated carbocycles. The first-order chi connectivity index (χ1) is 10.1. The Balaban J connectivity index is 1.89. The van der Waals surface area contributed by atoms with Gasteiger partial charge in [-0.1, -0.05) is 30.8 Å². The topological polar surface area (TPSA) is 87.7 Å². The first-order valence-electron chi connectivity index (χ1n) is 6.53. The Morgan fingerprint density at radius 2 is 2.00 bits per heavy atom. The Bertz CT molecular complexity index is 682. The normalized spacial score (nSPS) is 10.4. The van der Waals surface area contributed by atoms with Crippen molar-refractivity contribution in [3.05, 3.63) is 45.9 Å². The van der Waals surface area contributed by atoms with Crippen LogP contribution in [0.5, 0.6) is 0 Å². The molecule has 0 spiro atoms. The summed E-state index contributed by atoms with van der Waals surface area (Å²) in [6, 6.07) is 7.70. The van der Waals surface area contributed by atoms with Crippen molar-refractivity contribution in [2.45, 2.75) is 25.4 Å². The van der Waals surface area contributed by atoms with Crippen LogP contribution in [0.25, 0.3) is 0 Å². The fraction of sp³-hybridized carbons (Fsp3) is 0.286. The molecule has 0 saturated heterocycles. The number of nitrogens with one attached hydrogen (secondary N) is 2. The van der Waals surface area contributed by atoms with Crippen molar-refractivity contribution >= 4 is 23.4 Å². The van der Waals surface area contributed by atoms with Crippen LogP contribution < -0.4 is 10.9 Å². The van der Waals surface area contributed by atoms with Crippen LogP contribution >= 0.6 is 11.8 Å². The lowest BCUT2D eigenvalue weighted by molar-refractivity contribution is -0.113. The molecule has 0 fully saturated rings. The Hall–Kier alpha value is -2.15. The van der Waals surface area contributed by atoms with Gasteiger partial charge in [-0.2, -0.15) is 0 Å². The molecule has 1 heterocycles. The minimum absolute atomic E-state index is 0.156. The first-order valence-corrected chi connectivity index (χ1v) is 7.52. The third-order valence-electron chi connectivity index (χ3n) is 2.83. The van der Waals surface area contributed by atoms with Gasteiger partial charge in [0.15, 0.2) is 5.16 Å². The Labute approximate surface area is 126 Å². The van der Waals surface area contributed by atoms with Crippen LogP contribution in [0.15, 0.2) is 34.2 Å². The summed E-state index contributed by atoms with van der Waals surface area (Å²) >= 11 is 1.14.